The lowest BCUT2D eigenvalue weighted by molar-refractivity contribution is 0.0509. The number of fused-ring (bicyclic) bond motifs is 2. The maximum Gasteiger partial charge on any atom is 0.188 e. The number of nitrogens with one attached hydrogen (secondary N) is 1. The second-order valence-corrected chi connectivity index (χ2v) is 6.26. The van der Waals surface area contributed by atoms with Gasteiger partial charge in [-0.25, -0.2) is 0 Å². The van der Waals surface area contributed by atoms with Gasteiger partial charge in [-0.15, -0.1) is 0 Å². The van der Waals surface area contributed by atoms with E-state index in [1.165, 1.54) is 0 Å². The van der Waals surface area contributed by atoms with E-state index < -0.39 is 0 Å². The normalized spacial score (nSPS) is 12.1. The zero-order chi connectivity index (χ0) is 16.2. The Hall–Kier alpha value is -1.60. The summed E-state index contributed by atoms with van der Waals surface area (Å²) in [6.07, 6.45) is 0. The summed E-state index contributed by atoms with van der Waals surface area (Å²) >= 11 is 7.90. The number of anilines is 2. The van der Waals surface area contributed by atoms with Gasteiger partial charge in [0.05, 0.1) is 16.4 Å². The molecule has 1 heterocycles. The number of ether oxygens (including phenoxy) is 4. The van der Waals surface area contributed by atoms with E-state index in [2.05, 4.69) is 5.32 Å². The van der Waals surface area contributed by atoms with E-state index in [9.17, 15) is 0 Å². The molecule has 122 valence electrons. The Kier molecular flexibility index (Phi) is 5.17. The number of hydrogen-bond donors (Lipinski definition) is 1. The molecule has 23 heavy (non-hydrogen) atoms. The molecule has 0 spiro atoms. The van der Waals surface area contributed by atoms with Crippen LogP contribution < -0.4 is 14.8 Å². The molecule has 0 saturated carbocycles. The minimum absolute atomic E-state index is 0.160. The van der Waals surface area contributed by atoms with Gasteiger partial charge < -0.3 is 24.3 Å². The Morgan fingerprint density at radius 2 is 1.70 bits per heavy atom. The summed E-state index contributed by atoms with van der Waals surface area (Å²) < 4.78 is 20.8. The van der Waals surface area contributed by atoms with Gasteiger partial charge in [0.2, 0.25) is 0 Å². The second kappa shape index (κ2) is 7.31. The molecule has 3 rings (SSSR count). The summed E-state index contributed by atoms with van der Waals surface area (Å²) in [6, 6.07) is 9.61. The van der Waals surface area contributed by atoms with Crippen molar-refractivity contribution in [2.45, 2.75) is 9.79 Å². The number of halogens is 1. The van der Waals surface area contributed by atoms with Gasteiger partial charge in [-0.3, -0.25) is 0 Å². The lowest BCUT2D eigenvalue weighted by Gasteiger charge is -2.22. The third-order valence-electron chi connectivity index (χ3n) is 3.15. The molecule has 0 bridgehead atoms. The van der Waals surface area contributed by atoms with Gasteiger partial charge in [0.25, 0.3) is 0 Å². The molecule has 5 nitrogen and oxygen atoms in total. The van der Waals surface area contributed by atoms with Crippen LogP contribution in [0.3, 0.4) is 0 Å². The van der Waals surface area contributed by atoms with E-state index in [1.54, 1.807) is 26.0 Å². The monoisotopic (exact) mass is 353 g/mol. The number of methoxy groups -OCH3 is 2. The molecule has 2 aromatic rings. The molecule has 0 aromatic heterocycles. The van der Waals surface area contributed by atoms with Crippen molar-refractivity contribution in [3.8, 4) is 11.5 Å². The lowest BCUT2D eigenvalue weighted by atomic mass is 10.2. The minimum Gasteiger partial charge on any atom is -0.467 e. The highest BCUT2D eigenvalue weighted by molar-refractivity contribution is 7.99. The Morgan fingerprint density at radius 3 is 2.48 bits per heavy atom. The Bertz CT molecular complexity index is 711. The van der Waals surface area contributed by atoms with Crippen molar-refractivity contribution < 1.29 is 18.9 Å². The molecule has 1 N–H and O–H groups in total. The Morgan fingerprint density at radius 1 is 0.957 bits per heavy atom. The van der Waals surface area contributed by atoms with Crippen LogP contribution >= 0.6 is 23.4 Å². The topological polar surface area (TPSA) is 49.0 Å². The zero-order valence-corrected chi connectivity index (χ0v) is 14.3. The maximum atomic E-state index is 6.25. The molecule has 7 heteroatoms. The van der Waals surface area contributed by atoms with Gasteiger partial charge >= 0.3 is 0 Å². The summed E-state index contributed by atoms with van der Waals surface area (Å²) in [5.74, 6) is 1.35. The number of hydrogen-bond acceptors (Lipinski definition) is 6. The predicted molar refractivity (Wildman–Crippen MR) is 90.3 cm³/mol. The van der Waals surface area contributed by atoms with E-state index in [1.807, 2.05) is 30.3 Å². The first-order chi connectivity index (χ1) is 11.2. The van der Waals surface area contributed by atoms with Crippen LogP contribution in [0, 0.1) is 0 Å². The second-order valence-electron chi connectivity index (χ2n) is 4.77. The molecule has 1 aliphatic rings. The number of benzene rings is 2. The van der Waals surface area contributed by atoms with Crippen LogP contribution in [0.5, 0.6) is 11.5 Å². The summed E-state index contributed by atoms with van der Waals surface area (Å²) in [5, 5.41) is 3.90. The molecule has 0 aliphatic carbocycles. The van der Waals surface area contributed by atoms with Crippen molar-refractivity contribution in [3.05, 3.63) is 35.4 Å². The number of rotatable bonds is 6. The molecular weight excluding hydrogens is 338 g/mol. The van der Waals surface area contributed by atoms with Crippen molar-refractivity contribution in [2.75, 3.05) is 33.1 Å². The van der Waals surface area contributed by atoms with E-state index >= 15 is 0 Å². The first kappa shape index (κ1) is 16.3. The van der Waals surface area contributed by atoms with Gasteiger partial charge in [0, 0.05) is 30.1 Å². The molecule has 1 aliphatic heterocycles. The van der Waals surface area contributed by atoms with Crippen LogP contribution in [-0.2, 0) is 9.47 Å². The van der Waals surface area contributed by atoms with E-state index in [-0.39, 0.29) is 13.6 Å². The van der Waals surface area contributed by atoms with E-state index in [0.717, 1.165) is 26.9 Å². The molecule has 0 unspecified atom stereocenters. The fourth-order valence-corrected chi connectivity index (χ4v) is 3.32. The van der Waals surface area contributed by atoms with Crippen molar-refractivity contribution >= 4 is 34.7 Å². The predicted octanol–water partition coefficient (Wildman–Crippen LogP) is 4.51. The third kappa shape index (κ3) is 3.67. The van der Waals surface area contributed by atoms with Crippen LogP contribution in [0.2, 0.25) is 5.02 Å². The van der Waals surface area contributed by atoms with Crippen LogP contribution in [0.25, 0.3) is 0 Å². The van der Waals surface area contributed by atoms with Crippen LogP contribution in [0.4, 0.5) is 11.4 Å². The summed E-state index contributed by atoms with van der Waals surface area (Å²) in [5.41, 5.74) is 1.90. The molecule has 0 atom stereocenters. The Balaban J connectivity index is 1.84. The van der Waals surface area contributed by atoms with Gasteiger partial charge in [-0.2, -0.15) is 0 Å². The highest BCUT2D eigenvalue weighted by atomic mass is 35.5. The SMILES string of the molecule is COCOc1ccc2c(c1)Nc1cc(Cl)c(OCOC)cc1S2. The highest BCUT2D eigenvalue weighted by Gasteiger charge is 2.19. The van der Waals surface area contributed by atoms with Gasteiger partial charge in [0.15, 0.2) is 13.6 Å². The zero-order valence-electron chi connectivity index (χ0n) is 12.7. The quantitative estimate of drug-likeness (QED) is 0.658. The summed E-state index contributed by atoms with van der Waals surface area (Å²) in [4.78, 5) is 2.14. The first-order valence-corrected chi connectivity index (χ1v) is 8.06. The van der Waals surface area contributed by atoms with Gasteiger partial charge in [-0.05, 0) is 24.3 Å². The summed E-state index contributed by atoms with van der Waals surface area (Å²) in [7, 11) is 3.16. The molecule has 0 amide bonds. The lowest BCUT2D eigenvalue weighted by Crippen LogP contribution is -2.04. The fraction of sp³-hybridized carbons (Fsp3) is 0.250. The summed E-state index contributed by atoms with van der Waals surface area (Å²) in [6.45, 7) is 0.377. The van der Waals surface area contributed by atoms with Crippen molar-refractivity contribution in [1.82, 2.24) is 0 Å². The molecule has 0 saturated heterocycles. The van der Waals surface area contributed by atoms with E-state index in [0.29, 0.717) is 10.8 Å². The van der Waals surface area contributed by atoms with Gasteiger partial charge in [0.1, 0.15) is 11.5 Å². The molecule has 2 aromatic carbocycles. The van der Waals surface area contributed by atoms with E-state index in [4.69, 9.17) is 30.5 Å². The van der Waals surface area contributed by atoms with Crippen LogP contribution in [-0.4, -0.2) is 27.8 Å². The average molecular weight is 354 g/mol. The largest absolute Gasteiger partial charge is 0.467 e. The van der Waals surface area contributed by atoms with Gasteiger partial charge in [-0.1, -0.05) is 23.4 Å². The first-order valence-electron chi connectivity index (χ1n) is 6.87. The van der Waals surface area contributed by atoms with Crippen molar-refractivity contribution in [1.29, 1.82) is 0 Å². The molecular formula is C16H16ClNO4S. The smallest absolute Gasteiger partial charge is 0.188 e. The third-order valence-corrected chi connectivity index (χ3v) is 4.58. The maximum absolute atomic E-state index is 6.25. The standard InChI is InChI=1S/C16H16ClNO4S/c1-19-8-21-10-3-4-15-12(5-10)18-13-6-11(17)14(22-9-20-2)7-16(13)23-15/h3-7,18H,8-9H2,1-2H3. The Labute approximate surface area is 143 Å². The molecule has 0 radical (unpaired) electrons. The van der Waals surface area contributed by atoms with Crippen molar-refractivity contribution in [3.63, 3.8) is 0 Å². The molecule has 0 fully saturated rings. The van der Waals surface area contributed by atoms with Crippen LogP contribution in [0.15, 0.2) is 40.1 Å². The highest BCUT2D eigenvalue weighted by Crippen LogP contribution is 2.48. The van der Waals surface area contributed by atoms with Crippen LogP contribution in [0.1, 0.15) is 0 Å². The van der Waals surface area contributed by atoms with Crippen molar-refractivity contribution in [2.24, 2.45) is 0 Å². The average Bonchev–Trinajstić information content (AvgIpc) is 2.56. The fourth-order valence-electron chi connectivity index (χ4n) is 2.13. The minimum atomic E-state index is 0.160.